The predicted molar refractivity (Wildman–Crippen MR) is 114 cm³/mol. The SMILES string of the molecule is CS(=O)(=O)C1C[C@@H](C(=O)O)N(C(=O)CNC(=O)c2ccc3c(c2)-c2ccccc2C3(F)F)C1. The first-order valence-corrected chi connectivity index (χ1v) is 12.0. The molecular weight excluding hydrogens is 458 g/mol. The summed E-state index contributed by atoms with van der Waals surface area (Å²) in [6.07, 6.45) is 0.744. The third-order valence-corrected chi connectivity index (χ3v) is 7.60. The van der Waals surface area contributed by atoms with Gasteiger partial charge in [0.1, 0.15) is 6.04 Å². The number of carboxylic acid groups (broad SMARTS) is 1. The maximum atomic E-state index is 14.7. The molecular formula is C22H20F2N2O6S. The Morgan fingerprint density at radius 3 is 2.45 bits per heavy atom. The molecule has 1 unspecified atom stereocenters. The van der Waals surface area contributed by atoms with Crippen LogP contribution in [0.4, 0.5) is 8.78 Å². The standard InChI is InChI=1S/C22H20F2N2O6S/c1-33(31,32)13-9-18(21(29)30)26(11-13)19(27)10-25-20(28)12-6-7-17-15(8-12)14-4-2-3-5-16(14)22(17,23)24/h2-8,13,18H,9-11H2,1H3,(H,25,28)(H,29,30)/t13?,18-/m0/s1. The summed E-state index contributed by atoms with van der Waals surface area (Å²) in [4.78, 5) is 37.6. The number of alkyl halides is 2. The number of nitrogens with one attached hydrogen (secondary N) is 1. The quantitative estimate of drug-likeness (QED) is 0.674. The van der Waals surface area contributed by atoms with Gasteiger partial charge in [0.2, 0.25) is 5.91 Å². The van der Waals surface area contributed by atoms with Gasteiger partial charge < -0.3 is 15.3 Å². The molecule has 2 N–H and O–H groups in total. The number of halogens is 2. The molecule has 0 bridgehead atoms. The topological polar surface area (TPSA) is 121 Å². The number of sulfone groups is 1. The molecule has 0 spiro atoms. The molecule has 33 heavy (non-hydrogen) atoms. The number of carbonyl (C=O) groups is 3. The molecule has 1 saturated heterocycles. The van der Waals surface area contributed by atoms with Gasteiger partial charge in [-0.15, -0.1) is 0 Å². The Morgan fingerprint density at radius 2 is 1.79 bits per heavy atom. The fourth-order valence-electron chi connectivity index (χ4n) is 4.30. The van der Waals surface area contributed by atoms with E-state index >= 15 is 0 Å². The molecule has 2 aliphatic rings. The van der Waals surface area contributed by atoms with Gasteiger partial charge in [-0.3, -0.25) is 9.59 Å². The number of aliphatic carboxylic acids is 1. The van der Waals surface area contributed by atoms with Crippen LogP contribution in [0.1, 0.15) is 27.9 Å². The lowest BCUT2D eigenvalue weighted by Gasteiger charge is -2.21. The van der Waals surface area contributed by atoms with Crippen molar-refractivity contribution in [2.24, 2.45) is 0 Å². The number of fused-ring (bicyclic) bond motifs is 3. The minimum absolute atomic E-state index is 0.0549. The highest BCUT2D eigenvalue weighted by atomic mass is 32.2. The zero-order valence-electron chi connectivity index (χ0n) is 17.4. The van der Waals surface area contributed by atoms with Gasteiger partial charge in [0.05, 0.1) is 11.8 Å². The lowest BCUT2D eigenvalue weighted by molar-refractivity contribution is -0.147. The number of benzene rings is 2. The maximum absolute atomic E-state index is 14.7. The van der Waals surface area contributed by atoms with Crippen LogP contribution in [-0.4, -0.2) is 66.8 Å². The van der Waals surface area contributed by atoms with E-state index < -0.39 is 51.4 Å². The van der Waals surface area contributed by atoms with Gasteiger partial charge in [0, 0.05) is 29.5 Å². The summed E-state index contributed by atoms with van der Waals surface area (Å²) in [6, 6.07) is 8.41. The van der Waals surface area contributed by atoms with Crippen molar-refractivity contribution < 1.29 is 36.7 Å². The van der Waals surface area contributed by atoms with Crippen molar-refractivity contribution in [2.45, 2.75) is 23.6 Å². The molecule has 2 amide bonds. The Balaban J connectivity index is 1.49. The molecule has 2 aromatic rings. The van der Waals surface area contributed by atoms with Gasteiger partial charge in [0.25, 0.3) is 11.8 Å². The van der Waals surface area contributed by atoms with E-state index in [1.807, 2.05) is 0 Å². The first-order chi connectivity index (χ1) is 15.4. The first kappa shape index (κ1) is 22.8. The number of likely N-dealkylation sites (tertiary alicyclic amines) is 1. The first-order valence-electron chi connectivity index (χ1n) is 10.0. The average molecular weight is 478 g/mol. The second kappa shape index (κ2) is 7.91. The fraction of sp³-hybridized carbons (Fsp3) is 0.318. The predicted octanol–water partition coefficient (Wildman–Crippen LogP) is 1.64. The van der Waals surface area contributed by atoms with Crippen molar-refractivity contribution in [3.8, 4) is 11.1 Å². The van der Waals surface area contributed by atoms with Crippen LogP contribution in [0.3, 0.4) is 0 Å². The van der Waals surface area contributed by atoms with Crippen molar-refractivity contribution in [1.29, 1.82) is 0 Å². The molecule has 1 fully saturated rings. The molecule has 0 aromatic heterocycles. The highest BCUT2D eigenvalue weighted by Gasteiger charge is 2.45. The lowest BCUT2D eigenvalue weighted by Crippen LogP contribution is -2.45. The van der Waals surface area contributed by atoms with E-state index in [1.165, 1.54) is 36.4 Å². The number of nitrogens with zero attached hydrogens (tertiary/aromatic N) is 1. The van der Waals surface area contributed by atoms with Gasteiger partial charge in [0.15, 0.2) is 9.84 Å². The Bertz CT molecular complexity index is 1280. The van der Waals surface area contributed by atoms with Gasteiger partial charge in [-0.25, -0.2) is 13.2 Å². The summed E-state index contributed by atoms with van der Waals surface area (Å²) in [5.74, 6) is -5.97. The molecule has 4 rings (SSSR count). The third-order valence-electron chi connectivity index (χ3n) is 6.05. The zero-order valence-corrected chi connectivity index (χ0v) is 18.2. The van der Waals surface area contributed by atoms with Crippen LogP contribution in [-0.2, 0) is 25.3 Å². The normalized spacial score (nSPS) is 20.8. The number of rotatable bonds is 5. The summed E-state index contributed by atoms with van der Waals surface area (Å²) in [5, 5.41) is 10.7. The summed E-state index contributed by atoms with van der Waals surface area (Å²) in [7, 11) is -3.56. The largest absolute Gasteiger partial charge is 0.480 e. The van der Waals surface area contributed by atoms with E-state index in [1.54, 1.807) is 6.07 Å². The van der Waals surface area contributed by atoms with Crippen LogP contribution in [0.15, 0.2) is 42.5 Å². The summed E-state index contributed by atoms with van der Waals surface area (Å²) < 4.78 is 52.9. The van der Waals surface area contributed by atoms with E-state index in [2.05, 4.69) is 5.32 Å². The molecule has 0 saturated carbocycles. The maximum Gasteiger partial charge on any atom is 0.326 e. The molecule has 11 heteroatoms. The zero-order chi connectivity index (χ0) is 24.1. The van der Waals surface area contributed by atoms with Gasteiger partial charge in [-0.05, 0) is 29.7 Å². The highest BCUT2D eigenvalue weighted by molar-refractivity contribution is 7.91. The van der Waals surface area contributed by atoms with Gasteiger partial charge in [-0.1, -0.05) is 30.3 Å². The van der Waals surface area contributed by atoms with E-state index in [0.717, 1.165) is 11.2 Å². The second-order valence-corrected chi connectivity index (χ2v) is 10.5. The smallest absolute Gasteiger partial charge is 0.326 e. The molecule has 1 aliphatic heterocycles. The Labute approximate surface area is 188 Å². The minimum Gasteiger partial charge on any atom is -0.480 e. The van der Waals surface area contributed by atoms with Crippen molar-refractivity contribution in [3.05, 3.63) is 59.2 Å². The third kappa shape index (κ3) is 3.97. The van der Waals surface area contributed by atoms with E-state index in [9.17, 15) is 36.7 Å². The Morgan fingerprint density at radius 1 is 1.12 bits per heavy atom. The number of hydrogen-bond acceptors (Lipinski definition) is 5. The molecule has 0 radical (unpaired) electrons. The van der Waals surface area contributed by atoms with Crippen molar-refractivity contribution in [3.63, 3.8) is 0 Å². The molecule has 1 heterocycles. The number of hydrogen-bond donors (Lipinski definition) is 2. The minimum atomic E-state index is -3.56. The van der Waals surface area contributed by atoms with E-state index in [-0.39, 0.29) is 35.2 Å². The average Bonchev–Trinajstić information content (AvgIpc) is 3.31. The van der Waals surface area contributed by atoms with Gasteiger partial charge >= 0.3 is 5.97 Å². The molecule has 2 atom stereocenters. The van der Waals surface area contributed by atoms with Gasteiger partial charge in [-0.2, -0.15) is 8.78 Å². The molecule has 174 valence electrons. The Hall–Kier alpha value is -3.34. The van der Waals surface area contributed by atoms with E-state index in [0.29, 0.717) is 5.56 Å². The molecule has 8 nitrogen and oxygen atoms in total. The number of carboxylic acids is 1. The highest BCUT2D eigenvalue weighted by Crippen LogP contribution is 2.50. The van der Waals surface area contributed by atoms with Crippen LogP contribution >= 0.6 is 0 Å². The summed E-state index contributed by atoms with van der Waals surface area (Å²) >= 11 is 0. The number of carbonyl (C=O) groups excluding carboxylic acids is 2. The van der Waals surface area contributed by atoms with Crippen LogP contribution in [0.25, 0.3) is 11.1 Å². The van der Waals surface area contributed by atoms with E-state index in [4.69, 9.17) is 0 Å². The second-order valence-electron chi connectivity index (χ2n) is 8.15. The van der Waals surface area contributed by atoms with Crippen molar-refractivity contribution in [1.82, 2.24) is 10.2 Å². The van der Waals surface area contributed by atoms with Crippen LogP contribution in [0.2, 0.25) is 0 Å². The Kier molecular flexibility index (Phi) is 5.47. The lowest BCUT2D eigenvalue weighted by atomic mass is 10.0. The number of amides is 2. The van der Waals surface area contributed by atoms with Crippen LogP contribution in [0, 0.1) is 0 Å². The van der Waals surface area contributed by atoms with Crippen molar-refractivity contribution in [2.75, 3.05) is 19.3 Å². The van der Waals surface area contributed by atoms with Crippen LogP contribution < -0.4 is 5.32 Å². The fourth-order valence-corrected chi connectivity index (χ4v) is 5.26. The summed E-state index contributed by atoms with van der Waals surface area (Å²) in [5.41, 5.74) is 0.221. The molecule has 1 aliphatic carbocycles. The summed E-state index contributed by atoms with van der Waals surface area (Å²) in [6.45, 7) is -0.849. The molecule has 2 aromatic carbocycles. The monoisotopic (exact) mass is 478 g/mol. The van der Waals surface area contributed by atoms with Crippen molar-refractivity contribution >= 4 is 27.6 Å². The van der Waals surface area contributed by atoms with Crippen LogP contribution in [0.5, 0.6) is 0 Å².